The smallest absolute Gasteiger partial charge is 0.390 e. The summed E-state index contributed by atoms with van der Waals surface area (Å²) < 4.78 is 65.4. The van der Waals surface area contributed by atoms with Gasteiger partial charge in [0.1, 0.15) is 11.7 Å². The van der Waals surface area contributed by atoms with Crippen LogP contribution in [0.4, 0.5) is 23.2 Å². The molecule has 1 unspecified atom stereocenters. The number of carbonyl (C=O) groups is 2. The Bertz CT molecular complexity index is 981. The number of amides is 1. The second-order valence-electron chi connectivity index (χ2n) is 7.03. The van der Waals surface area contributed by atoms with Crippen molar-refractivity contribution in [2.45, 2.75) is 44.2 Å². The minimum Gasteiger partial charge on any atom is -0.390 e. The highest BCUT2D eigenvalue weighted by atomic mass is 31.2. The van der Waals surface area contributed by atoms with E-state index in [1.165, 1.54) is 0 Å². The van der Waals surface area contributed by atoms with Crippen LogP contribution in [-0.2, 0) is 9.36 Å². The number of nitrogens with two attached hydrogens (primary N) is 1. The van der Waals surface area contributed by atoms with Crippen LogP contribution in [0, 0.1) is 23.3 Å². The molecule has 17 heteroatoms. The van der Waals surface area contributed by atoms with E-state index in [2.05, 4.69) is 10.0 Å². The van der Waals surface area contributed by atoms with Crippen LogP contribution in [0.2, 0.25) is 0 Å². The minimum absolute atomic E-state index is 0.0139. The third-order valence-electron chi connectivity index (χ3n) is 4.68. The molecule has 0 spiro atoms. The summed E-state index contributed by atoms with van der Waals surface area (Å²) in [5.74, 6) is -10.2. The van der Waals surface area contributed by atoms with Gasteiger partial charge in [0, 0.05) is 17.9 Å². The molecule has 1 fully saturated rings. The molecule has 12 nitrogen and oxygen atoms in total. The van der Waals surface area contributed by atoms with Crippen molar-refractivity contribution in [2.24, 2.45) is 10.8 Å². The lowest BCUT2D eigenvalue weighted by molar-refractivity contribution is -0.132. The van der Waals surface area contributed by atoms with Gasteiger partial charge in [0.2, 0.25) is 5.91 Å². The number of unbranched alkanes of at least 4 members (excludes halogenated alkanes) is 2. The van der Waals surface area contributed by atoms with Crippen LogP contribution in [0.15, 0.2) is 5.11 Å². The molecule has 2 atom stereocenters. The highest BCUT2D eigenvalue weighted by Crippen LogP contribution is 2.33. The average Bonchev–Trinajstić information content (AvgIpc) is 3.13. The van der Waals surface area contributed by atoms with E-state index in [9.17, 15) is 32.3 Å². The summed E-state index contributed by atoms with van der Waals surface area (Å²) in [5, 5.41) is 12.6. The molecule has 1 aliphatic heterocycles. The first-order valence-corrected chi connectivity index (χ1v) is 11.2. The van der Waals surface area contributed by atoms with E-state index in [-0.39, 0.29) is 19.4 Å². The number of halogens is 4. The normalized spacial score (nSPS) is 17.6. The molecule has 1 aliphatic rings. The van der Waals surface area contributed by atoms with Crippen molar-refractivity contribution in [1.29, 1.82) is 0 Å². The van der Waals surface area contributed by atoms with Gasteiger partial charge in [0.05, 0.1) is 11.7 Å². The van der Waals surface area contributed by atoms with Crippen molar-refractivity contribution in [3.05, 3.63) is 39.3 Å². The fraction of sp³-hybridized carbons (Fsp3) is 0.529. The first-order chi connectivity index (χ1) is 15.8. The third kappa shape index (κ3) is 7.74. The van der Waals surface area contributed by atoms with Crippen LogP contribution in [0.25, 0.3) is 10.4 Å². The van der Waals surface area contributed by atoms with E-state index in [1.54, 1.807) is 0 Å². The maximum Gasteiger partial charge on any atom is 0.466 e. The Balaban J connectivity index is 0.00000104. The summed E-state index contributed by atoms with van der Waals surface area (Å²) >= 11 is 0. The average molecular weight is 515 g/mol. The van der Waals surface area contributed by atoms with Crippen LogP contribution in [0.3, 0.4) is 0 Å². The molecule has 1 saturated heterocycles. The Hall–Kier alpha value is -2.58. The molecule has 1 amide bonds. The zero-order chi connectivity index (χ0) is 26.2. The topological polar surface area (TPSA) is 210 Å². The molecule has 0 aromatic heterocycles. The number of ketones is 1. The summed E-state index contributed by atoms with van der Waals surface area (Å²) in [6.07, 6.45) is 0.298. The summed E-state index contributed by atoms with van der Waals surface area (Å²) in [6, 6.07) is -1.69. The van der Waals surface area contributed by atoms with Crippen molar-refractivity contribution in [3.8, 4) is 0 Å². The quantitative estimate of drug-likeness (QED) is 0.0503. The van der Waals surface area contributed by atoms with E-state index >= 15 is 0 Å². The summed E-state index contributed by atoms with van der Waals surface area (Å²) in [6.45, 7) is 0.386. The second-order valence-corrected chi connectivity index (χ2v) is 8.06. The molecule has 0 bridgehead atoms. The number of benzene rings is 1. The molecule has 34 heavy (non-hydrogen) atoms. The zero-order valence-electron chi connectivity index (χ0n) is 17.4. The number of hydrogen-bond acceptors (Lipinski definition) is 6. The molecule has 190 valence electrons. The standard InChI is InChI=1S/C17H19F4N5O3.H3O4P/c18-11-10(12(19)14(21)15(13(11)20)24-25-23)17(29)16-8(27)5-7-26(16)9(28)4-2-1-3-6-22;1-5(2,3)4/h8,16,27H,1-7,22H2;(H3,1,2,3,4)/t8?,16-;/m0./s1. The number of aliphatic hydroxyl groups excluding tert-OH is 1. The summed E-state index contributed by atoms with van der Waals surface area (Å²) in [7, 11) is -4.64. The van der Waals surface area contributed by atoms with Crippen molar-refractivity contribution in [2.75, 3.05) is 13.1 Å². The summed E-state index contributed by atoms with van der Waals surface area (Å²) in [5.41, 5.74) is 10.5. The number of aliphatic hydroxyl groups is 1. The van der Waals surface area contributed by atoms with Gasteiger partial charge in [-0.25, -0.2) is 22.1 Å². The third-order valence-corrected chi connectivity index (χ3v) is 4.68. The van der Waals surface area contributed by atoms with Crippen LogP contribution >= 0.6 is 7.82 Å². The van der Waals surface area contributed by atoms with Gasteiger partial charge < -0.3 is 30.4 Å². The largest absolute Gasteiger partial charge is 0.466 e. The number of likely N-dealkylation sites (tertiary alicyclic amines) is 1. The van der Waals surface area contributed by atoms with Gasteiger partial charge in [-0.2, -0.15) is 0 Å². The zero-order valence-corrected chi connectivity index (χ0v) is 18.3. The van der Waals surface area contributed by atoms with Crippen molar-refractivity contribution in [3.63, 3.8) is 0 Å². The van der Waals surface area contributed by atoms with E-state index in [0.29, 0.717) is 25.8 Å². The number of nitrogens with zero attached hydrogens (tertiary/aromatic N) is 4. The van der Waals surface area contributed by atoms with Crippen LogP contribution in [0.5, 0.6) is 0 Å². The van der Waals surface area contributed by atoms with Gasteiger partial charge >= 0.3 is 7.82 Å². The molecular formula is C17H22F4N5O7P. The maximum absolute atomic E-state index is 14.3. The highest BCUT2D eigenvalue weighted by molar-refractivity contribution is 7.45. The van der Waals surface area contributed by atoms with E-state index in [4.69, 9.17) is 30.5 Å². The number of azide groups is 1. The maximum atomic E-state index is 14.3. The lowest BCUT2D eigenvalue weighted by Gasteiger charge is -2.26. The molecular weight excluding hydrogens is 493 g/mol. The van der Waals surface area contributed by atoms with Gasteiger partial charge in [-0.3, -0.25) is 9.59 Å². The van der Waals surface area contributed by atoms with Gasteiger partial charge in [-0.1, -0.05) is 11.5 Å². The minimum atomic E-state index is -4.64. The van der Waals surface area contributed by atoms with Gasteiger partial charge in [0.15, 0.2) is 29.1 Å². The number of hydrogen-bond donors (Lipinski definition) is 5. The molecule has 6 N–H and O–H groups in total. The van der Waals surface area contributed by atoms with E-state index in [0.717, 1.165) is 4.90 Å². The molecule has 0 radical (unpaired) electrons. The number of Topliss-reactive ketones (excluding diaryl/α,β-unsaturated/α-hetero) is 1. The number of phosphoric acid groups is 1. The van der Waals surface area contributed by atoms with Crippen LogP contribution in [0.1, 0.15) is 42.5 Å². The lowest BCUT2D eigenvalue weighted by atomic mass is 9.98. The van der Waals surface area contributed by atoms with Gasteiger partial charge in [-0.05, 0) is 31.3 Å². The first kappa shape index (κ1) is 29.5. The molecule has 2 rings (SSSR count). The van der Waals surface area contributed by atoms with Gasteiger partial charge in [-0.15, -0.1) is 0 Å². The van der Waals surface area contributed by atoms with Crippen LogP contribution < -0.4 is 5.73 Å². The van der Waals surface area contributed by atoms with E-state index in [1.807, 2.05) is 0 Å². The molecule has 1 aromatic rings. The second kappa shape index (κ2) is 12.8. The van der Waals surface area contributed by atoms with Crippen molar-refractivity contribution < 1.29 is 51.5 Å². The van der Waals surface area contributed by atoms with E-state index < -0.39 is 66.2 Å². The fourth-order valence-corrected chi connectivity index (χ4v) is 3.23. The Labute approximate surface area is 189 Å². The molecule has 1 heterocycles. The monoisotopic (exact) mass is 515 g/mol. The Morgan fingerprint density at radius 1 is 1.09 bits per heavy atom. The SMILES string of the molecule is O=P(O)(O)O.[N-]=[N+]=Nc1c(F)c(F)c(C(=O)[C@@H]2C(O)CCN2C(=O)CCCCCN)c(F)c1F. The van der Waals surface area contributed by atoms with Crippen LogP contribution in [-0.4, -0.2) is 61.6 Å². The molecule has 0 aliphatic carbocycles. The predicted molar refractivity (Wildman–Crippen MR) is 107 cm³/mol. The summed E-state index contributed by atoms with van der Waals surface area (Å²) in [4.78, 5) is 49.6. The molecule has 1 aromatic carbocycles. The van der Waals surface area contributed by atoms with Crippen molar-refractivity contribution >= 4 is 25.2 Å². The Kier molecular flexibility index (Phi) is 11.1. The predicted octanol–water partition coefficient (Wildman–Crippen LogP) is 1.92. The fourth-order valence-electron chi connectivity index (χ4n) is 3.23. The molecule has 0 saturated carbocycles. The van der Waals surface area contributed by atoms with Gasteiger partial charge in [0.25, 0.3) is 0 Å². The lowest BCUT2D eigenvalue weighted by Crippen LogP contribution is -2.45. The highest BCUT2D eigenvalue weighted by Gasteiger charge is 2.44. The first-order valence-electron chi connectivity index (χ1n) is 9.67. The Morgan fingerprint density at radius 3 is 2.09 bits per heavy atom. The number of rotatable bonds is 8. The number of carbonyl (C=O) groups excluding carboxylic acids is 2. The van der Waals surface area contributed by atoms with Crippen molar-refractivity contribution in [1.82, 2.24) is 4.90 Å². The Morgan fingerprint density at radius 2 is 1.62 bits per heavy atom.